The summed E-state index contributed by atoms with van der Waals surface area (Å²) >= 11 is 0. The number of aromatic nitrogens is 1. The van der Waals surface area contributed by atoms with E-state index in [1.54, 1.807) is 18.3 Å². The van der Waals surface area contributed by atoms with E-state index in [2.05, 4.69) is 52.0 Å². The van der Waals surface area contributed by atoms with E-state index in [9.17, 15) is 14.7 Å². The molecule has 2 atom stereocenters. The van der Waals surface area contributed by atoms with Gasteiger partial charge in [0.05, 0.1) is 36.8 Å². The molecule has 242 valence electrons. The number of fused-ring (bicyclic) bond motifs is 2. The van der Waals surface area contributed by atoms with Gasteiger partial charge >= 0.3 is 12.0 Å². The number of ether oxygens (including phenoxy) is 2. The van der Waals surface area contributed by atoms with Crippen LogP contribution in [0, 0.1) is 0 Å². The molecule has 9 nitrogen and oxygen atoms in total. The maximum atomic E-state index is 13.8. The lowest BCUT2D eigenvalue weighted by Gasteiger charge is -2.40. The van der Waals surface area contributed by atoms with Crippen LogP contribution in [0.3, 0.4) is 0 Å². The molecule has 2 aliphatic rings. The first-order valence-electron chi connectivity index (χ1n) is 16.0. The number of rotatable bonds is 9. The molecule has 2 aliphatic heterocycles. The molecule has 0 bridgehead atoms. The van der Waals surface area contributed by atoms with Crippen LogP contribution in [0.15, 0.2) is 122 Å². The van der Waals surface area contributed by atoms with Crippen molar-refractivity contribution in [3.63, 3.8) is 0 Å². The molecule has 0 saturated carbocycles. The zero-order chi connectivity index (χ0) is 33.1. The van der Waals surface area contributed by atoms with Crippen molar-refractivity contribution in [1.29, 1.82) is 0 Å². The molecule has 3 heterocycles. The van der Waals surface area contributed by atoms with Crippen LogP contribution < -0.4 is 20.3 Å². The first kappa shape index (κ1) is 31.1. The lowest BCUT2D eigenvalue weighted by molar-refractivity contribution is -0.143. The number of hydrogen-bond donors (Lipinski definition) is 3. The molecular formula is C39H36N4O5. The number of esters is 1. The van der Waals surface area contributed by atoms with Gasteiger partial charge in [-0.05, 0) is 59.2 Å². The fraction of sp³-hybridized carbons (Fsp3) is 0.205. The second-order valence-electron chi connectivity index (χ2n) is 11.9. The van der Waals surface area contributed by atoms with E-state index in [1.165, 1.54) is 18.2 Å². The number of carbonyl (C=O) groups excluding carboxylic acids is 2. The SMILES string of the molecule is COC(=O)[C@H](Cc1ccc(N2C(=O)Nc3cnccc3C2O)c2c1CCCO2)NC(c1ccccc1)(c1ccccc1)c1ccccc1. The van der Waals surface area contributed by atoms with Gasteiger partial charge in [0, 0.05) is 11.8 Å². The molecule has 0 fully saturated rings. The second kappa shape index (κ2) is 13.3. The van der Waals surface area contributed by atoms with Gasteiger partial charge in [-0.2, -0.15) is 0 Å². The van der Waals surface area contributed by atoms with Crippen molar-refractivity contribution in [3.8, 4) is 5.75 Å². The third kappa shape index (κ3) is 5.57. The van der Waals surface area contributed by atoms with Crippen molar-refractivity contribution >= 4 is 23.4 Å². The van der Waals surface area contributed by atoms with Gasteiger partial charge in [-0.3, -0.25) is 20.0 Å². The Morgan fingerprint density at radius 2 is 1.60 bits per heavy atom. The minimum atomic E-state index is -1.23. The number of benzene rings is 4. The van der Waals surface area contributed by atoms with Gasteiger partial charge in [0.2, 0.25) is 0 Å². The van der Waals surface area contributed by atoms with Crippen LogP contribution >= 0.6 is 0 Å². The lowest BCUT2D eigenvalue weighted by atomic mass is 9.76. The molecule has 9 heteroatoms. The number of nitrogens with one attached hydrogen (secondary N) is 2. The number of amides is 2. The smallest absolute Gasteiger partial charge is 0.328 e. The number of aliphatic hydroxyl groups excluding tert-OH is 1. The largest absolute Gasteiger partial charge is 0.491 e. The Bertz CT molecular complexity index is 1820. The number of pyridine rings is 1. The molecule has 5 aromatic rings. The first-order valence-corrected chi connectivity index (χ1v) is 16.0. The van der Waals surface area contributed by atoms with E-state index in [1.807, 2.05) is 60.7 Å². The van der Waals surface area contributed by atoms with E-state index in [0.717, 1.165) is 34.2 Å². The summed E-state index contributed by atoms with van der Waals surface area (Å²) in [5.41, 5.74) is 5.23. The van der Waals surface area contributed by atoms with Crippen LogP contribution in [0.5, 0.6) is 5.75 Å². The molecule has 0 spiro atoms. The van der Waals surface area contributed by atoms with E-state index in [-0.39, 0.29) is 6.42 Å². The number of nitrogens with zero attached hydrogens (tertiary/aromatic N) is 2. The van der Waals surface area contributed by atoms with Gasteiger partial charge in [-0.1, -0.05) is 97.1 Å². The number of carbonyl (C=O) groups is 2. The van der Waals surface area contributed by atoms with Crippen molar-refractivity contribution in [2.24, 2.45) is 0 Å². The Hall–Kier alpha value is -5.51. The van der Waals surface area contributed by atoms with Crippen LogP contribution in [0.2, 0.25) is 0 Å². The Kier molecular flexibility index (Phi) is 8.63. The highest BCUT2D eigenvalue weighted by atomic mass is 16.5. The van der Waals surface area contributed by atoms with E-state index >= 15 is 0 Å². The lowest BCUT2D eigenvalue weighted by Crippen LogP contribution is -2.53. The monoisotopic (exact) mass is 640 g/mol. The van der Waals surface area contributed by atoms with Crippen LogP contribution in [0.25, 0.3) is 0 Å². The molecule has 3 N–H and O–H groups in total. The molecular weight excluding hydrogens is 604 g/mol. The topological polar surface area (TPSA) is 113 Å². The summed E-state index contributed by atoms with van der Waals surface area (Å²) in [7, 11) is 1.40. The van der Waals surface area contributed by atoms with Crippen molar-refractivity contribution in [2.45, 2.75) is 37.1 Å². The number of aliphatic hydroxyl groups is 1. The molecule has 0 radical (unpaired) electrons. The molecule has 48 heavy (non-hydrogen) atoms. The van der Waals surface area contributed by atoms with E-state index in [0.29, 0.717) is 35.7 Å². The van der Waals surface area contributed by atoms with E-state index in [4.69, 9.17) is 9.47 Å². The van der Waals surface area contributed by atoms with Gasteiger partial charge in [0.1, 0.15) is 11.8 Å². The Morgan fingerprint density at radius 1 is 0.979 bits per heavy atom. The van der Waals surface area contributed by atoms with Crippen molar-refractivity contribution in [3.05, 3.63) is 155 Å². The number of urea groups is 1. The highest BCUT2D eigenvalue weighted by Gasteiger charge is 2.41. The number of methoxy groups -OCH3 is 1. The molecule has 4 aromatic carbocycles. The summed E-state index contributed by atoms with van der Waals surface area (Å²) in [5, 5.41) is 17.9. The normalized spacial score (nSPS) is 16.2. The van der Waals surface area contributed by atoms with Gasteiger partial charge in [-0.25, -0.2) is 4.79 Å². The Balaban J connectivity index is 1.32. The highest BCUT2D eigenvalue weighted by Crippen LogP contribution is 2.44. The summed E-state index contributed by atoms with van der Waals surface area (Å²) in [6.07, 6.45) is 3.60. The fourth-order valence-corrected chi connectivity index (χ4v) is 6.93. The van der Waals surface area contributed by atoms with Gasteiger partial charge in [-0.15, -0.1) is 0 Å². The average molecular weight is 641 g/mol. The first-order chi connectivity index (χ1) is 23.5. The number of anilines is 2. The summed E-state index contributed by atoms with van der Waals surface area (Å²) in [5.74, 6) is 0.113. The second-order valence-corrected chi connectivity index (χ2v) is 11.9. The van der Waals surface area contributed by atoms with Crippen molar-refractivity contribution in [1.82, 2.24) is 10.3 Å². The zero-order valence-electron chi connectivity index (χ0n) is 26.5. The highest BCUT2D eigenvalue weighted by molar-refractivity contribution is 6.06. The van der Waals surface area contributed by atoms with Crippen LogP contribution in [-0.2, 0) is 27.9 Å². The van der Waals surface area contributed by atoms with Crippen molar-refractivity contribution < 1.29 is 24.2 Å². The third-order valence-corrected chi connectivity index (χ3v) is 9.17. The summed E-state index contributed by atoms with van der Waals surface area (Å²) in [6, 6.07) is 34.4. The fourth-order valence-electron chi connectivity index (χ4n) is 6.93. The predicted molar refractivity (Wildman–Crippen MR) is 183 cm³/mol. The van der Waals surface area contributed by atoms with Gasteiger partial charge in [0.15, 0.2) is 6.23 Å². The standard InChI is InChI=1S/C39H36N4O5/c1-47-37(45)32(42-39(27-12-5-2-6-13-27,28-14-7-3-8-15-28)29-16-9-4-10-17-29)24-26-19-20-34(35-30(26)18-11-23-48-35)43-36(44)31-21-22-40-25-33(31)41-38(43)46/h2-10,12-17,19-22,25,32,36,42,44H,11,18,23-24H2,1H3,(H,41,46)/t32-,36?/m0/s1. The average Bonchev–Trinajstić information content (AvgIpc) is 3.14. The minimum Gasteiger partial charge on any atom is -0.491 e. The summed E-state index contributed by atoms with van der Waals surface area (Å²) < 4.78 is 11.7. The third-order valence-electron chi connectivity index (χ3n) is 9.17. The van der Waals surface area contributed by atoms with Crippen LogP contribution in [0.4, 0.5) is 16.2 Å². The summed E-state index contributed by atoms with van der Waals surface area (Å²) in [6.45, 7) is 0.466. The van der Waals surface area contributed by atoms with Gasteiger partial charge < -0.3 is 19.9 Å². The maximum Gasteiger partial charge on any atom is 0.328 e. The van der Waals surface area contributed by atoms with Gasteiger partial charge in [0.25, 0.3) is 0 Å². The molecule has 0 saturated heterocycles. The zero-order valence-corrected chi connectivity index (χ0v) is 26.5. The molecule has 1 unspecified atom stereocenters. The number of hydrogen-bond acceptors (Lipinski definition) is 7. The Labute approximate surface area is 279 Å². The quantitative estimate of drug-likeness (QED) is 0.132. The van der Waals surface area contributed by atoms with Crippen molar-refractivity contribution in [2.75, 3.05) is 23.9 Å². The predicted octanol–water partition coefficient (Wildman–Crippen LogP) is 6.12. The maximum absolute atomic E-state index is 13.8. The molecule has 0 aliphatic carbocycles. The molecule has 7 rings (SSSR count). The molecule has 2 amide bonds. The Morgan fingerprint density at radius 3 is 2.21 bits per heavy atom. The van der Waals surface area contributed by atoms with E-state index < -0.39 is 29.8 Å². The van der Waals surface area contributed by atoms with Crippen LogP contribution in [0.1, 0.15) is 46.0 Å². The molecule has 1 aromatic heterocycles. The summed E-state index contributed by atoms with van der Waals surface area (Å²) in [4.78, 5) is 32.4. The minimum absolute atomic E-state index is 0.288. The van der Waals surface area contributed by atoms with Crippen LogP contribution in [-0.4, -0.2) is 41.8 Å².